The topological polar surface area (TPSA) is 50.5 Å². The molecular weight excluding hydrogens is 345 g/mol. The maximum Gasteiger partial charge on any atom is 0.165 e. The molecule has 3 rings (SSSR count). The van der Waals surface area contributed by atoms with E-state index in [4.69, 9.17) is 9.84 Å². The standard InChI is InChI=1S/C21H24FN3O2/c1-15-6-4-5-7-19(15)25-14-17(13-24(2)10-11-26)21(23-25)16-8-9-20(27-3)18(22)12-16/h4-9,12,14,26H,10-11,13H2,1-3H3. The van der Waals surface area contributed by atoms with E-state index < -0.39 is 5.82 Å². The molecule has 0 saturated heterocycles. The number of aryl methyl sites for hydroxylation is 1. The van der Waals surface area contributed by atoms with Gasteiger partial charge in [0.1, 0.15) is 0 Å². The number of para-hydroxylation sites is 1. The third-order valence-corrected chi connectivity index (χ3v) is 4.50. The van der Waals surface area contributed by atoms with Crippen LogP contribution in [0.2, 0.25) is 0 Å². The first-order valence-electron chi connectivity index (χ1n) is 8.81. The number of rotatable bonds is 7. The van der Waals surface area contributed by atoms with Gasteiger partial charge >= 0.3 is 0 Å². The minimum atomic E-state index is -0.421. The molecule has 2 aromatic carbocycles. The number of aromatic nitrogens is 2. The summed E-state index contributed by atoms with van der Waals surface area (Å²) in [5.74, 6) is -0.217. The van der Waals surface area contributed by atoms with Crippen LogP contribution < -0.4 is 4.74 Å². The summed E-state index contributed by atoms with van der Waals surface area (Å²) in [5, 5.41) is 13.9. The molecule has 0 spiro atoms. The summed E-state index contributed by atoms with van der Waals surface area (Å²) in [6.45, 7) is 3.25. The van der Waals surface area contributed by atoms with Gasteiger partial charge in [0.05, 0.1) is 25.1 Å². The molecule has 1 N–H and O–H groups in total. The molecule has 1 aromatic heterocycles. The fourth-order valence-corrected chi connectivity index (χ4v) is 3.07. The lowest BCUT2D eigenvalue weighted by Gasteiger charge is -2.14. The highest BCUT2D eigenvalue weighted by atomic mass is 19.1. The van der Waals surface area contributed by atoms with Gasteiger partial charge in [-0.1, -0.05) is 18.2 Å². The second-order valence-electron chi connectivity index (χ2n) is 6.54. The lowest BCUT2D eigenvalue weighted by Crippen LogP contribution is -2.21. The van der Waals surface area contributed by atoms with Crippen molar-refractivity contribution in [2.75, 3.05) is 27.3 Å². The van der Waals surface area contributed by atoms with E-state index in [-0.39, 0.29) is 12.4 Å². The Balaban J connectivity index is 2.07. The van der Waals surface area contributed by atoms with Crippen LogP contribution in [0.5, 0.6) is 5.75 Å². The fourth-order valence-electron chi connectivity index (χ4n) is 3.07. The number of aliphatic hydroxyl groups is 1. The van der Waals surface area contributed by atoms with E-state index in [1.807, 2.05) is 60.1 Å². The Morgan fingerprint density at radius 3 is 2.67 bits per heavy atom. The Kier molecular flexibility index (Phi) is 5.88. The molecule has 0 amide bonds. The van der Waals surface area contributed by atoms with Crippen LogP contribution in [0.15, 0.2) is 48.7 Å². The quantitative estimate of drug-likeness (QED) is 0.693. The van der Waals surface area contributed by atoms with E-state index in [9.17, 15) is 9.50 Å². The molecule has 0 fully saturated rings. The second-order valence-corrected chi connectivity index (χ2v) is 6.54. The molecule has 0 radical (unpaired) electrons. The van der Waals surface area contributed by atoms with E-state index in [0.29, 0.717) is 24.3 Å². The van der Waals surface area contributed by atoms with E-state index in [1.165, 1.54) is 13.2 Å². The van der Waals surface area contributed by atoms with Gasteiger partial charge in [0.15, 0.2) is 11.6 Å². The first-order chi connectivity index (χ1) is 13.0. The maximum atomic E-state index is 14.2. The molecule has 0 aliphatic rings. The Bertz CT molecular complexity index is 924. The minimum Gasteiger partial charge on any atom is -0.494 e. The first-order valence-corrected chi connectivity index (χ1v) is 8.81. The minimum absolute atomic E-state index is 0.0783. The van der Waals surface area contributed by atoms with Crippen LogP contribution in [0.1, 0.15) is 11.1 Å². The molecule has 0 aliphatic heterocycles. The number of hydrogen-bond donors (Lipinski definition) is 1. The Morgan fingerprint density at radius 2 is 2.00 bits per heavy atom. The summed E-state index contributed by atoms with van der Waals surface area (Å²) >= 11 is 0. The highest BCUT2D eigenvalue weighted by Crippen LogP contribution is 2.29. The number of aliphatic hydroxyl groups excluding tert-OH is 1. The number of likely N-dealkylation sites (N-methyl/N-ethyl adjacent to an activating group) is 1. The van der Waals surface area contributed by atoms with Crippen molar-refractivity contribution in [2.24, 2.45) is 0 Å². The van der Waals surface area contributed by atoms with E-state index in [1.54, 1.807) is 6.07 Å². The molecule has 0 aliphatic carbocycles. The van der Waals surface area contributed by atoms with Crippen molar-refractivity contribution in [1.29, 1.82) is 0 Å². The van der Waals surface area contributed by atoms with Crippen molar-refractivity contribution >= 4 is 0 Å². The molecule has 27 heavy (non-hydrogen) atoms. The largest absolute Gasteiger partial charge is 0.494 e. The molecule has 6 heteroatoms. The number of ether oxygens (including phenoxy) is 1. The molecule has 0 unspecified atom stereocenters. The molecule has 3 aromatic rings. The summed E-state index contributed by atoms with van der Waals surface area (Å²) < 4.78 is 21.1. The molecule has 142 valence electrons. The number of halogens is 1. The van der Waals surface area contributed by atoms with Crippen molar-refractivity contribution in [3.05, 3.63) is 65.6 Å². The molecule has 5 nitrogen and oxygen atoms in total. The maximum absolute atomic E-state index is 14.2. The highest BCUT2D eigenvalue weighted by molar-refractivity contribution is 5.64. The smallest absolute Gasteiger partial charge is 0.165 e. The van der Waals surface area contributed by atoms with Gasteiger partial charge in [-0.15, -0.1) is 0 Å². The average Bonchev–Trinajstić information content (AvgIpc) is 3.05. The van der Waals surface area contributed by atoms with Gasteiger partial charge < -0.3 is 9.84 Å². The zero-order valence-electron chi connectivity index (χ0n) is 15.8. The fraction of sp³-hybridized carbons (Fsp3) is 0.286. The summed E-state index contributed by atoms with van der Waals surface area (Å²) in [7, 11) is 3.37. The summed E-state index contributed by atoms with van der Waals surface area (Å²) in [4.78, 5) is 2.00. The SMILES string of the molecule is COc1ccc(-c2nn(-c3ccccc3C)cc2CN(C)CCO)cc1F. The van der Waals surface area contributed by atoms with Crippen LogP contribution >= 0.6 is 0 Å². The lowest BCUT2D eigenvalue weighted by atomic mass is 10.1. The Morgan fingerprint density at radius 1 is 1.22 bits per heavy atom. The van der Waals surface area contributed by atoms with Crippen LogP contribution in [-0.2, 0) is 6.54 Å². The van der Waals surface area contributed by atoms with Crippen molar-refractivity contribution in [3.8, 4) is 22.7 Å². The molecule has 0 atom stereocenters. The van der Waals surface area contributed by atoms with Crippen molar-refractivity contribution in [1.82, 2.24) is 14.7 Å². The zero-order chi connectivity index (χ0) is 19.4. The number of nitrogens with zero attached hydrogens (tertiary/aromatic N) is 3. The van der Waals surface area contributed by atoms with Crippen molar-refractivity contribution in [3.63, 3.8) is 0 Å². The monoisotopic (exact) mass is 369 g/mol. The highest BCUT2D eigenvalue weighted by Gasteiger charge is 2.16. The van der Waals surface area contributed by atoms with Crippen molar-refractivity contribution < 1.29 is 14.2 Å². The molecule has 0 bridgehead atoms. The Hall–Kier alpha value is -2.70. The van der Waals surface area contributed by atoms with Gasteiger partial charge in [-0.3, -0.25) is 4.90 Å². The van der Waals surface area contributed by atoms with Crippen LogP contribution in [-0.4, -0.2) is 47.1 Å². The van der Waals surface area contributed by atoms with Gasteiger partial charge in [0.2, 0.25) is 0 Å². The van der Waals surface area contributed by atoms with Crippen LogP contribution in [0.4, 0.5) is 4.39 Å². The van der Waals surface area contributed by atoms with E-state index >= 15 is 0 Å². The average molecular weight is 369 g/mol. The van der Waals surface area contributed by atoms with Gasteiger partial charge in [-0.05, 0) is 43.8 Å². The number of benzene rings is 2. The van der Waals surface area contributed by atoms with Crippen molar-refractivity contribution in [2.45, 2.75) is 13.5 Å². The molecule has 1 heterocycles. The van der Waals surface area contributed by atoms with Crippen LogP contribution in [0.3, 0.4) is 0 Å². The van der Waals surface area contributed by atoms with Crippen LogP contribution in [0.25, 0.3) is 16.9 Å². The van der Waals surface area contributed by atoms with Crippen LogP contribution in [0, 0.1) is 12.7 Å². The normalized spacial score (nSPS) is 11.2. The van der Waals surface area contributed by atoms with E-state index in [0.717, 1.165) is 16.8 Å². The molecular formula is C21H24FN3O2. The zero-order valence-corrected chi connectivity index (χ0v) is 15.8. The lowest BCUT2D eigenvalue weighted by molar-refractivity contribution is 0.217. The predicted octanol–water partition coefficient (Wildman–Crippen LogP) is 3.42. The first kappa shape index (κ1) is 19.1. The summed E-state index contributed by atoms with van der Waals surface area (Å²) in [6.07, 6.45) is 1.97. The van der Waals surface area contributed by atoms with Gasteiger partial charge in [-0.25, -0.2) is 9.07 Å². The third-order valence-electron chi connectivity index (χ3n) is 4.50. The second kappa shape index (κ2) is 8.33. The van der Waals surface area contributed by atoms with Gasteiger partial charge in [0, 0.05) is 30.4 Å². The predicted molar refractivity (Wildman–Crippen MR) is 104 cm³/mol. The summed E-state index contributed by atoms with van der Waals surface area (Å²) in [5.41, 5.74) is 4.43. The summed E-state index contributed by atoms with van der Waals surface area (Å²) in [6, 6.07) is 12.8. The number of hydrogen-bond acceptors (Lipinski definition) is 4. The van der Waals surface area contributed by atoms with Gasteiger partial charge in [0.25, 0.3) is 0 Å². The van der Waals surface area contributed by atoms with E-state index in [2.05, 4.69) is 0 Å². The van der Waals surface area contributed by atoms with Gasteiger partial charge in [-0.2, -0.15) is 5.10 Å². The Labute approximate surface area is 158 Å². The third kappa shape index (κ3) is 4.18. The number of methoxy groups -OCH3 is 1. The molecule has 0 saturated carbocycles.